The van der Waals surface area contributed by atoms with Gasteiger partial charge in [0.15, 0.2) is 0 Å². The topological polar surface area (TPSA) is 47.9 Å². The van der Waals surface area contributed by atoms with Gasteiger partial charge in [0.1, 0.15) is 17.6 Å². The van der Waals surface area contributed by atoms with Gasteiger partial charge in [0.25, 0.3) is 0 Å². The minimum absolute atomic E-state index is 0.0666. The molecule has 0 amide bonds. The maximum atomic E-state index is 12.0. The molecule has 1 N–H and O–H groups in total. The third-order valence-electron chi connectivity index (χ3n) is 2.82. The minimum Gasteiger partial charge on any atom is -0.497 e. The maximum Gasteiger partial charge on any atom is 0.389 e. The van der Waals surface area contributed by atoms with E-state index in [1.54, 1.807) is 18.2 Å². The number of aliphatic hydroxyl groups is 1. The highest BCUT2D eigenvalue weighted by Crippen LogP contribution is 2.29. The summed E-state index contributed by atoms with van der Waals surface area (Å²) in [5.41, 5.74) is 0.465. The van der Waals surface area contributed by atoms with Gasteiger partial charge in [-0.25, -0.2) is 0 Å². The number of hydrogen-bond donors (Lipinski definition) is 1. The first kappa shape index (κ1) is 17.6. The minimum atomic E-state index is -4.18. The zero-order chi connectivity index (χ0) is 15.9. The van der Waals surface area contributed by atoms with Gasteiger partial charge < -0.3 is 19.3 Å². The Labute approximate surface area is 121 Å². The summed E-state index contributed by atoms with van der Waals surface area (Å²) >= 11 is 0. The first-order chi connectivity index (χ1) is 9.87. The number of methoxy groups -OCH3 is 2. The van der Waals surface area contributed by atoms with E-state index in [0.717, 1.165) is 0 Å². The smallest absolute Gasteiger partial charge is 0.389 e. The Morgan fingerprint density at radius 2 is 1.90 bits per heavy atom. The van der Waals surface area contributed by atoms with Gasteiger partial charge in [0.2, 0.25) is 0 Å². The molecule has 4 nitrogen and oxygen atoms in total. The van der Waals surface area contributed by atoms with Crippen LogP contribution in [0, 0.1) is 0 Å². The summed E-state index contributed by atoms with van der Waals surface area (Å²) in [7, 11) is 2.95. The molecule has 0 fully saturated rings. The van der Waals surface area contributed by atoms with Crippen LogP contribution < -0.4 is 9.47 Å². The highest BCUT2D eigenvalue weighted by Gasteiger charge is 2.26. The van der Waals surface area contributed by atoms with Gasteiger partial charge in [-0.15, -0.1) is 0 Å². The Bertz CT molecular complexity index is 435. The number of aliphatic hydroxyl groups excluding tert-OH is 1. The summed E-state index contributed by atoms with van der Waals surface area (Å²) < 4.78 is 51.1. The largest absolute Gasteiger partial charge is 0.497 e. The molecule has 1 unspecified atom stereocenters. The molecular weight excluding hydrogens is 289 g/mol. The first-order valence-corrected chi connectivity index (χ1v) is 6.42. The molecule has 0 heterocycles. The summed E-state index contributed by atoms with van der Waals surface area (Å²) in [6, 6.07) is 4.92. The standard InChI is InChI=1S/C14H19F3O4/c1-19-10-4-5-13(20-2)11(8-10)12(18)9-21-7-3-6-14(15,16)17/h4-5,8,12,18H,3,6-7,9H2,1-2H3. The van der Waals surface area contributed by atoms with E-state index in [0.29, 0.717) is 17.1 Å². The van der Waals surface area contributed by atoms with E-state index in [-0.39, 0.29) is 19.6 Å². The molecule has 0 aliphatic rings. The molecule has 1 atom stereocenters. The molecule has 0 radical (unpaired) electrons. The van der Waals surface area contributed by atoms with Crippen LogP contribution >= 0.6 is 0 Å². The Hall–Kier alpha value is -1.47. The van der Waals surface area contributed by atoms with Gasteiger partial charge >= 0.3 is 6.18 Å². The predicted molar refractivity (Wildman–Crippen MR) is 70.6 cm³/mol. The highest BCUT2D eigenvalue weighted by molar-refractivity contribution is 5.41. The van der Waals surface area contributed by atoms with Gasteiger partial charge in [-0.2, -0.15) is 13.2 Å². The lowest BCUT2D eigenvalue weighted by Gasteiger charge is -2.16. The molecule has 21 heavy (non-hydrogen) atoms. The van der Waals surface area contributed by atoms with Crippen LogP contribution in [0.4, 0.5) is 13.2 Å². The summed E-state index contributed by atoms with van der Waals surface area (Å²) in [5, 5.41) is 10.0. The van der Waals surface area contributed by atoms with Crippen LogP contribution in [0.5, 0.6) is 11.5 Å². The lowest BCUT2D eigenvalue weighted by atomic mass is 10.1. The molecule has 0 spiro atoms. The fourth-order valence-electron chi connectivity index (χ4n) is 1.76. The van der Waals surface area contributed by atoms with E-state index < -0.39 is 18.7 Å². The van der Waals surface area contributed by atoms with Gasteiger partial charge in [0, 0.05) is 18.6 Å². The van der Waals surface area contributed by atoms with Crippen molar-refractivity contribution in [3.63, 3.8) is 0 Å². The number of ether oxygens (including phenoxy) is 3. The van der Waals surface area contributed by atoms with E-state index in [9.17, 15) is 18.3 Å². The van der Waals surface area contributed by atoms with Crippen molar-refractivity contribution in [2.45, 2.75) is 25.1 Å². The summed E-state index contributed by atoms with van der Waals surface area (Å²) in [6.07, 6.45) is -6.21. The molecule has 1 aromatic rings. The average molecular weight is 308 g/mol. The molecule has 1 aromatic carbocycles. The predicted octanol–water partition coefficient (Wildman–Crippen LogP) is 3.10. The van der Waals surface area contributed by atoms with Crippen LogP contribution in [0.2, 0.25) is 0 Å². The van der Waals surface area contributed by atoms with E-state index in [2.05, 4.69) is 0 Å². The fourth-order valence-corrected chi connectivity index (χ4v) is 1.76. The van der Waals surface area contributed by atoms with Crippen LogP contribution in [0.25, 0.3) is 0 Å². The van der Waals surface area contributed by atoms with Crippen molar-refractivity contribution in [2.75, 3.05) is 27.4 Å². The van der Waals surface area contributed by atoms with Crippen LogP contribution in [0.3, 0.4) is 0 Å². The Balaban J connectivity index is 2.49. The molecule has 7 heteroatoms. The van der Waals surface area contributed by atoms with E-state index in [1.807, 2.05) is 0 Å². The molecular formula is C14H19F3O4. The Morgan fingerprint density at radius 3 is 2.48 bits per heavy atom. The number of benzene rings is 1. The number of halogens is 3. The zero-order valence-electron chi connectivity index (χ0n) is 11.9. The summed E-state index contributed by atoms with van der Waals surface area (Å²) in [5.74, 6) is 1.00. The Kier molecular flexibility index (Phi) is 6.77. The van der Waals surface area contributed by atoms with Crippen molar-refractivity contribution in [1.82, 2.24) is 0 Å². The second kappa shape index (κ2) is 8.09. The van der Waals surface area contributed by atoms with E-state index >= 15 is 0 Å². The quantitative estimate of drug-likeness (QED) is 0.750. The van der Waals surface area contributed by atoms with E-state index in [1.165, 1.54) is 14.2 Å². The second-order valence-corrected chi connectivity index (χ2v) is 4.42. The first-order valence-electron chi connectivity index (χ1n) is 6.42. The number of alkyl halides is 3. The maximum absolute atomic E-state index is 12.0. The third-order valence-corrected chi connectivity index (χ3v) is 2.82. The molecule has 0 saturated heterocycles. The van der Waals surface area contributed by atoms with Crippen LogP contribution in [0.15, 0.2) is 18.2 Å². The SMILES string of the molecule is COc1ccc(OC)c(C(O)COCCCC(F)(F)F)c1. The monoisotopic (exact) mass is 308 g/mol. The van der Waals surface area contributed by atoms with Gasteiger partial charge in [-0.05, 0) is 24.6 Å². The lowest BCUT2D eigenvalue weighted by molar-refractivity contribution is -0.138. The molecule has 0 aromatic heterocycles. The fraction of sp³-hybridized carbons (Fsp3) is 0.571. The van der Waals surface area contributed by atoms with Gasteiger partial charge in [0.05, 0.1) is 20.8 Å². The average Bonchev–Trinajstić information content (AvgIpc) is 2.44. The van der Waals surface area contributed by atoms with Gasteiger partial charge in [-0.3, -0.25) is 0 Å². The van der Waals surface area contributed by atoms with Crippen molar-refractivity contribution >= 4 is 0 Å². The zero-order valence-corrected chi connectivity index (χ0v) is 11.9. The van der Waals surface area contributed by atoms with Crippen molar-refractivity contribution < 1.29 is 32.5 Å². The second-order valence-electron chi connectivity index (χ2n) is 4.42. The van der Waals surface area contributed by atoms with Crippen molar-refractivity contribution in [3.05, 3.63) is 23.8 Å². The number of rotatable bonds is 8. The molecule has 1 rings (SSSR count). The van der Waals surface area contributed by atoms with Gasteiger partial charge in [-0.1, -0.05) is 0 Å². The summed E-state index contributed by atoms with van der Waals surface area (Å²) in [6.45, 7) is -0.176. The van der Waals surface area contributed by atoms with E-state index in [4.69, 9.17) is 14.2 Å². The Morgan fingerprint density at radius 1 is 1.19 bits per heavy atom. The lowest BCUT2D eigenvalue weighted by Crippen LogP contribution is -2.12. The van der Waals surface area contributed by atoms with Crippen LogP contribution in [0.1, 0.15) is 24.5 Å². The molecule has 0 aliphatic carbocycles. The highest BCUT2D eigenvalue weighted by atomic mass is 19.4. The molecule has 0 saturated carbocycles. The van der Waals surface area contributed by atoms with Crippen molar-refractivity contribution in [2.24, 2.45) is 0 Å². The normalized spacial score (nSPS) is 13.0. The summed E-state index contributed by atoms with van der Waals surface area (Å²) in [4.78, 5) is 0. The third kappa shape index (κ3) is 6.22. The van der Waals surface area contributed by atoms with Crippen molar-refractivity contribution in [3.8, 4) is 11.5 Å². The van der Waals surface area contributed by atoms with Crippen LogP contribution in [-0.2, 0) is 4.74 Å². The molecule has 0 bridgehead atoms. The number of hydrogen-bond acceptors (Lipinski definition) is 4. The molecule has 0 aliphatic heterocycles. The molecule has 120 valence electrons. The van der Waals surface area contributed by atoms with Crippen molar-refractivity contribution in [1.29, 1.82) is 0 Å². The van der Waals surface area contributed by atoms with Crippen LogP contribution in [-0.4, -0.2) is 38.7 Å².